The Morgan fingerprint density at radius 3 is 2.29 bits per heavy atom. The summed E-state index contributed by atoms with van der Waals surface area (Å²) in [5, 5.41) is 4.58. The molecule has 8 nitrogen and oxygen atoms in total. The molecule has 1 saturated heterocycles. The topological polar surface area (TPSA) is 92.6 Å². The van der Waals surface area contributed by atoms with E-state index in [1.54, 1.807) is 18.2 Å². The molecule has 1 fully saturated rings. The van der Waals surface area contributed by atoms with Crippen molar-refractivity contribution < 1.29 is 13.2 Å². The van der Waals surface area contributed by atoms with Gasteiger partial charge in [0.2, 0.25) is 10.0 Å². The third kappa shape index (κ3) is 4.80. The van der Waals surface area contributed by atoms with Crippen LogP contribution in [0.25, 0.3) is 5.69 Å². The molecule has 0 saturated carbocycles. The lowest BCUT2D eigenvalue weighted by molar-refractivity contribution is 0.101. The van der Waals surface area contributed by atoms with Gasteiger partial charge in [0.15, 0.2) is 5.78 Å². The number of aryl methyl sites for hydroxylation is 2. The van der Waals surface area contributed by atoms with Gasteiger partial charge in [0.25, 0.3) is 5.56 Å². The smallest absolute Gasteiger partial charge is 0.271 e. The van der Waals surface area contributed by atoms with Crippen LogP contribution in [0, 0.1) is 13.8 Å². The molecule has 34 heavy (non-hydrogen) atoms. The Labute approximate surface area is 199 Å². The van der Waals surface area contributed by atoms with Crippen molar-refractivity contribution in [3.05, 3.63) is 81.6 Å². The van der Waals surface area contributed by atoms with Crippen LogP contribution in [0.2, 0.25) is 0 Å². The second-order valence-electron chi connectivity index (χ2n) is 8.54. The summed E-state index contributed by atoms with van der Waals surface area (Å²) in [6.07, 6.45) is 0.620. The van der Waals surface area contributed by atoms with Gasteiger partial charge in [-0.05, 0) is 68.7 Å². The first-order valence-corrected chi connectivity index (χ1v) is 12.6. The summed E-state index contributed by atoms with van der Waals surface area (Å²) in [4.78, 5) is 26.2. The fourth-order valence-electron chi connectivity index (χ4n) is 3.99. The van der Waals surface area contributed by atoms with Crippen molar-refractivity contribution in [2.24, 2.45) is 0 Å². The molecule has 178 valence electrons. The van der Waals surface area contributed by atoms with Crippen molar-refractivity contribution in [3.63, 3.8) is 0 Å². The highest BCUT2D eigenvalue weighted by atomic mass is 32.2. The first kappa shape index (κ1) is 23.8. The number of hydrogen-bond donors (Lipinski definition) is 0. The van der Waals surface area contributed by atoms with Gasteiger partial charge in [-0.1, -0.05) is 18.2 Å². The number of carbonyl (C=O) groups excluding carboxylic acids is 1. The maximum absolute atomic E-state index is 13.2. The molecular formula is C25H28N4O4S. The van der Waals surface area contributed by atoms with Crippen LogP contribution in [-0.4, -0.2) is 54.5 Å². The van der Waals surface area contributed by atoms with E-state index in [4.69, 9.17) is 0 Å². The van der Waals surface area contributed by atoms with Crippen molar-refractivity contribution in [2.75, 3.05) is 31.1 Å². The zero-order valence-corrected chi connectivity index (χ0v) is 20.4. The van der Waals surface area contributed by atoms with Gasteiger partial charge in [0, 0.05) is 37.8 Å². The number of sulfonamides is 1. The highest BCUT2D eigenvalue weighted by Crippen LogP contribution is 2.21. The number of anilines is 1. The van der Waals surface area contributed by atoms with Gasteiger partial charge in [-0.3, -0.25) is 9.59 Å². The van der Waals surface area contributed by atoms with Gasteiger partial charge in [0.1, 0.15) is 5.82 Å². The maximum Gasteiger partial charge on any atom is 0.271 e. The molecule has 1 aromatic heterocycles. The van der Waals surface area contributed by atoms with Gasteiger partial charge in [0.05, 0.1) is 10.6 Å². The van der Waals surface area contributed by atoms with Crippen molar-refractivity contribution in [1.29, 1.82) is 0 Å². The summed E-state index contributed by atoms with van der Waals surface area (Å²) in [6, 6.07) is 15.0. The highest BCUT2D eigenvalue weighted by Gasteiger charge is 2.27. The van der Waals surface area contributed by atoms with Crippen LogP contribution in [-0.2, 0) is 10.0 Å². The van der Waals surface area contributed by atoms with Crippen LogP contribution in [0.3, 0.4) is 0 Å². The fourth-order valence-corrected chi connectivity index (χ4v) is 5.46. The zero-order chi connectivity index (χ0) is 24.5. The molecular weight excluding hydrogens is 452 g/mol. The lowest BCUT2D eigenvalue weighted by atomic mass is 10.1. The SMILES string of the molecule is CC(=O)c1ccc(S(=O)(=O)N2CCCN(c3ccc(=O)n(-c4ccc(C)c(C)c4)n3)CC2)cc1. The summed E-state index contributed by atoms with van der Waals surface area (Å²) in [6.45, 7) is 7.19. The minimum Gasteiger partial charge on any atom is -0.354 e. The van der Waals surface area contributed by atoms with Gasteiger partial charge >= 0.3 is 0 Å². The Balaban J connectivity index is 1.55. The van der Waals surface area contributed by atoms with Crippen molar-refractivity contribution in [1.82, 2.24) is 14.1 Å². The summed E-state index contributed by atoms with van der Waals surface area (Å²) >= 11 is 0. The number of benzene rings is 2. The van der Waals surface area contributed by atoms with E-state index >= 15 is 0 Å². The normalized spacial score (nSPS) is 15.2. The number of aromatic nitrogens is 2. The van der Waals surface area contributed by atoms with E-state index in [0.717, 1.165) is 11.1 Å². The molecule has 0 spiro atoms. The molecule has 3 aromatic rings. The van der Waals surface area contributed by atoms with E-state index in [-0.39, 0.29) is 16.2 Å². The Morgan fingerprint density at radius 2 is 1.62 bits per heavy atom. The molecule has 0 N–H and O–H groups in total. The molecule has 2 aromatic carbocycles. The minimum absolute atomic E-state index is 0.107. The van der Waals surface area contributed by atoms with E-state index in [1.807, 2.05) is 36.9 Å². The molecule has 0 atom stereocenters. The molecule has 0 bridgehead atoms. The van der Waals surface area contributed by atoms with E-state index in [0.29, 0.717) is 49.7 Å². The van der Waals surface area contributed by atoms with E-state index in [9.17, 15) is 18.0 Å². The Bertz CT molecular complexity index is 1380. The first-order chi connectivity index (χ1) is 16.2. The van der Waals surface area contributed by atoms with Crippen molar-refractivity contribution in [2.45, 2.75) is 32.1 Å². The van der Waals surface area contributed by atoms with E-state index in [1.165, 1.54) is 34.1 Å². The van der Waals surface area contributed by atoms with Crippen LogP contribution in [0.5, 0.6) is 0 Å². The molecule has 1 aliphatic rings. The summed E-state index contributed by atoms with van der Waals surface area (Å²) in [5.74, 6) is 0.520. The number of rotatable bonds is 5. The second kappa shape index (κ2) is 9.52. The molecule has 2 heterocycles. The monoisotopic (exact) mass is 480 g/mol. The average Bonchev–Trinajstić information content (AvgIpc) is 3.08. The van der Waals surface area contributed by atoms with Crippen LogP contribution in [0.15, 0.2) is 64.3 Å². The predicted octanol–water partition coefficient (Wildman–Crippen LogP) is 2.95. The Hall–Kier alpha value is -3.30. The lowest BCUT2D eigenvalue weighted by Gasteiger charge is -2.23. The number of Topliss-reactive ketones (excluding diaryl/α,β-unsaturated/α-hetero) is 1. The standard InChI is InChI=1S/C25H28N4O4S/c1-18-5-8-22(17-19(18)2)29-25(31)12-11-24(26-29)27-13-4-14-28(16-15-27)34(32,33)23-9-6-21(7-10-23)20(3)30/h5-12,17H,4,13-16H2,1-3H3. The Kier molecular flexibility index (Phi) is 6.67. The molecule has 0 aliphatic carbocycles. The van der Waals surface area contributed by atoms with E-state index < -0.39 is 10.0 Å². The highest BCUT2D eigenvalue weighted by molar-refractivity contribution is 7.89. The third-order valence-corrected chi connectivity index (χ3v) is 8.11. The summed E-state index contributed by atoms with van der Waals surface area (Å²) in [5.41, 5.74) is 3.16. The predicted molar refractivity (Wildman–Crippen MR) is 131 cm³/mol. The lowest BCUT2D eigenvalue weighted by Crippen LogP contribution is -2.36. The molecule has 0 radical (unpaired) electrons. The van der Waals surface area contributed by atoms with Crippen LogP contribution in [0.4, 0.5) is 5.82 Å². The second-order valence-corrected chi connectivity index (χ2v) is 10.5. The molecule has 0 amide bonds. The number of carbonyl (C=O) groups is 1. The number of ketones is 1. The summed E-state index contributed by atoms with van der Waals surface area (Å²) < 4.78 is 29.2. The number of nitrogens with zero attached hydrogens (tertiary/aromatic N) is 4. The van der Waals surface area contributed by atoms with Gasteiger partial charge in [-0.25, -0.2) is 8.42 Å². The minimum atomic E-state index is -3.68. The zero-order valence-electron chi connectivity index (χ0n) is 19.6. The first-order valence-electron chi connectivity index (χ1n) is 11.2. The van der Waals surface area contributed by atoms with Gasteiger partial charge in [-0.2, -0.15) is 8.99 Å². The average molecular weight is 481 g/mol. The van der Waals surface area contributed by atoms with Crippen LogP contribution >= 0.6 is 0 Å². The molecule has 4 rings (SSSR count). The van der Waals surface area contributed by atoms with Crippen molar-refractivity contribution >= 4 is 21.6 Å². The largest absolute Gasteiger partial charge is 0.354 e. The van der Waals surface area contributed by atoms with Gasteiger partial charge in [-0.15, -0.1) is 5.10 Å². The molecule has 1 aliphatic heterocycles. The van der Waals surface area contributed by atoms with E-state index in [2.05, 4.69) is 5.10 Å². The van der Waals surface area contributed by atoms with Crippen LogP contribution < -0.4 is 10.5 Å². The quantitative estimate of drug-likeness (QED) is 0.522. The van der Waals surface area contributed by atoms with Crippen molar-refractivity contribution in [3.8, 4) is 5.69 Å². The molecule has 9 heteroatoms. The van der Waals surface area contributed by atoms with Gasteiger partial charge < -0.3 is 4.90 Å². The molecule has 0 unspecified atom stereocenters. The fraction of sp³-hybridized carbons (Fsp3) is 0.320. The third-order valence-electron chi connectivity index (χ3n) is 6.20. The summed E-state index contributed by atoms with van der Waals surface area (Å²) in [7, 11) is -3.68. The van der Waals surface area contributed by atoms with Crippen LogP contribution in [0.1, 0.15) is 34.8 Å². The number of hydrogen-bond acceptors (Lipinski definition) is 6. The Morgan fingerprint density at radius 1 is 0.882 bits per heavy atom. The maximum atomic E-state index is 13.2.